The highest BCUT2D eigenvalue weighted by molar-refractivity contribution is 6.00. The Bertz CT molecular complexity index is 1870. The molecule has 0 spiro atoms. The first kappa shape index (κ1) is 24.0. The molecule has 3 aromatic carbocycles. The number of aromatic nitrogens is 1. The summed E-state index contributed by atoms with van der Waals surface area (Å²) in [7, 11) is 3.12. The van der Waals surface area contributed by atoms with Crippen molar-refractivity contribution in [2.24, 2.45) is 7.05 Å². The number of ether oxygens (including phenoxy) is 1. The molecule has 8 nitrogen and oxygen atoms in total. The fourth-order valence-corrected chi connectivity index (χ4v) is 4.97. The van der Waals surface area contributed by atoms with E-state index in [0.717, 1.165) is 5.57 Å². The SMILES string of the molecule is COc1cc2oc(=O)ccc2cc1C(C=C(C)C)c1c(O)cc2c(c1O)c(=O)c1cccc(O)c1n2C. The monoisotopic (exact) mass is 499 g/mol. The summed E-state index contributed by atoms with van der Waals surface area (Å²) >= 11 is 0. The maximum Gasteiger partial charge on any atom is 0.336 e. The van der Waals surface area contributed by atoms with Gasteiger partial charge in [0.2, 0.25) is 5.43 Å². The number of para-hydroxylation sites is 1. The van der Waals surface area contributed by atoms with Crippen molar-refractivity contribution in [3.8, 4) is 23.0 Å². The van der Waals surface area contributed by atoms with Crippen molar-refractivity contribution in [3.05, 3.63) is 92.0 Å². The van der Waals surface area contributed by atoms with Crippen molar-refractivity contribution in [2.45, 2.75) is 19.8 Å². The van der Waals surface area contributed by atoms with Crippen molar-refractivity contribution >= 4 is 32.8 Å². The molecule has 2 heterocycles. The van der Waals surface area contributed by atoms with E-state index in [1.54, 1.807) is 41.9 Å². The molecule has 0 fully saturated rings. The Kier molecular flexibility index (Phi) is 5.67. The summed E-state index contributed by atoms with van der Waals surface area (Å²) in [4.78, 5) is 25.3. The van der Waals surface area contributed by atoms with E-state index in [9.17, 15) is 24.9 Å². The van der Waals surface area contributed by atoms with E-state index >= 15 is 0 Å². The van der Waals surface area contributed by atoms with Crippen LogP contribution < -0.4 is 15.8 Å². The molecule has 0 aliphatic rings. The third kappa shape index (κ3) is 3.78. The van der Waals surface area contributed by atoms with Crippen molar-refractivity contribution < 1.29 is 24.5 Å². The largest absolute Gasteiger partial charge is 0.507 e. The summed E-state index contributed by atoms with van der Waals surface area (Å²) in [6.45, 7) is 3.76. The average Bonchev–Trinajstić information content (AvgIpc) is 2.85. The van der Waals surface area contributed by atoms with Crippen LogP contribution in [0.15, 0.2) is 74.2 Å². The van der Waals surface area contributed by atoms with Gasteiger partial charge in [0, 0.05) is 47.7 Å². The number of benzene rings is 3. The summed E-state index contributed by atoms with van der Waals surface area (Å²) in [5.41, 5.74) is 1.53. The van der Waals surface area contributed by atoms with Crippen LogP contribution >= 0.6 is 0 Å². The molecule has 0 amide bonds. The highest BCUT2D eigenvalue weighted by Crippen LogP contribution is 2.46. The van der Waals surface area contributed by atoms with Crippen LogP contribution in [0.1, 0.15) is 30.9 Å². The molecule has 0 saturated carbocycles. The standard InChI is InChI=1S/C29H25NO7/c1-14(2)10-18(17-11-15-8-9-24(33)37-22(15)13-23(17)36-4)25-21(32)12-19-26(29(25)35)28(34)16-6-5-7-20(31)27(16)30(19)3/h5-13,18,31-32,35H,1-4H3. The van der Waals surface area contributed by atoms with Crippen LogP contribution in [0.25, 0.3) is 32.8 Å². The van der Waals surface area contributed by atoms with Crippen LogP contribution in [-0.2, 0) is 7.05 Å². The zero-order chi connectivity index (χ0) is 26.6. The van der Waals surface area contributed by atoms with Crippen LogP contribution in [0.3, 0.4) is 0 Å². The zero-order valence-corrected chi connectivity index (χ0v) is 20.7. The van der Waals surface area contributed by atoms with Gasteiger partial charge in [0.25, 0.3) is 0 Å². The number of hydrogen-bond donors (Lipinski definition) is 3. The van der Waals surface area contributed by atoms with Crippen LogP contribution in [-0.4, -0.2) is 27.0 Å². The Morgan fingerprint density at radius 1 is 1.03 bits per heavy atom. The fraction of sp³-hybridized carbons (Fsp3) is 0.172. The Morgan fingerprint density at radius 3 is 2.49 bits per heavy atom. The number of allylic oxidation sites excluding steroid dienone is 2. The van der Waals surface area contributed by atoms with E-state index in [1.807, 2.05) is 19.9 Å². The second kappa shape index (κ2) is 8.74. The summed E-state index contributed by atoms with van der Waals surface area (Å²) in [5.74, 6) is -1.04. The predicted molar refractivity (Wildman–Crippen MR) is 142 cm³/mol. The maximum absolute atomic E-state index is 13.5. The third-order valence-electron chi connectivity index (χ3n) is 6.60. The highest BCUT2D eigenvalue weighted by atomic mass is 16.5. The smallest absolute Gasteiger partial charge is 0.336 e. The van der Waals surface area contributed by atoms with Gasteiger partial charge in [0.15, 0.2) is 0 Å². The molecule has 5 rings (SSSR count). The van der Waals surface area contributed by atoms with Gasteiger partial charge in [-0.2, -0.15) is 0 Å². The van der Waals surface area contributed by atoms with Crippen LogP contribution in [0.4, 0.5) is 0 Å². The van der Waals surface area contributed by atoms with Gasteiger partial charge in [-0.3, -0.25) is 4.79 Å². The first-order valence-electron chi connectivity index (χ1n) is 11.6. The molecule has 188 valence electrons. The summed E-state index contributed by atoms with van der Waals surface area (Å²) < 4.78 is 12.5. The van der Waals surface area contributed by atoms with Crippen molar-refractivity contribution in [3.63, 3.8) is 0 Å². The molecule has 2 aromatic heterocycles. The zero-order valence-electron chi connectivity index (χ0n) is 20.7. The van der Waals surface area contributed by atoms with Gasteiger partial charge in [0.1, 0.15) is 28.6 Å². The van der Waals surface area contributed by atoms with Crippen LogP contribution in [0.5, 0.6) is 23.0 Å². The molecule has 0 radical (unpaired) electrons. The third-order valence-corrected chi connectivity index (χ3v) is 6.60. The van der Waals surface area contributed by atoms with Gasteiger partial charge in [-0.15, -0.1) is 0 Å². The second-order valence-corrected chi connectivity index (χ2v) is 9.22. The molecule has 0 bridgehead atoms. The molecule has 1 atom stereocenters. The lowest BCUT2D eigenvalue weighted by atomic mass is 9.86. The lowest BCUT2D eigenvalue weighted by molar-refractivity contribution is 0.406. The fourth-order valence-electron chi connectivity index (χ4n) is 4.97. The molecular formula is C29H25NO7. The Balaban J connectivity index is 1.89. The van der Waals surface area contributed by atoms with Crippen LogP contribution in [0, 0.1) is 0 Å². The Labute approximate surface area is 210 Å². The van der Waals surface area contributed by atoms with Crippen molar-refractivity contribution in [1.29, 1.82) is 0 Å². The Hall–Kier alpha value is -4.72. The van der Waals surface area contributed by atoms with E-state index in [0.29, 0.717) is 27.8 Å². The van der Waals surface area contributed by atoms with Crippen LogP contribution in [0.2, 0.25) is 0 Å². The quantitative estimate of drug-likeness (QED) is 0.180. The summed E-state index contributed by atoms with van der Waals surface area (Å²) in [5, 5.41) is 34.1. The van der Waals surface area contributed by atoms with Gasteiger partial charge in [0.05, 0.1) is 28.9 Å². The topological polar surface area (TPSA) is 122 Å². The molecule has 1 unspecified atom stereocenters. The number of nitrogens with zero attached hydrogens (tertiary/aromatic N) is 1. The van der Waals surface area contributed by atoms with Crippen molar-refractivity contribution in [1.82, 2.24) is 4.57 Å². The number of fused-ring (bicyclic) bond motifs is 3. The van der Waals surface area contributed by atoms with Gasteiger partial charge in [-0.1, -0.05) is 17.7 Å². The minimum atomic E-state index is -0.717. The highest BCUT2D eigenvalue weighted by Gasteiger charge is 2.27. The number of aromatic hydroxyl groups is 3. The van der Waals surface area contributed by atoms with Gasteiger partial charge in [-0.25, -0.2) is 4.79 Å². The maximum atomic E-state index is 13.5. The van der Waals surface area contributed by atoms with Gasteiger partial charge >= 0.3 is 5.63 Å². The van der Waals surface area contributed by atoms with Gasteiger partial charge in [-0.05, 0) is 38.1 Å². The molecular weight excluding hydrogens is 474 g/mol. The number of pyridine rings is 1. The minimum absolute atomic E-state index is 0.0197. The molecule has 0 aliphatic heterocycles. The first-order chi connectivity index (χ1) is 17.6. The predicted octanol–water partition coefficient (Wildman–Crippen LogP) is 5.02. The molecule has 5 aromatic rings. The number of methoxy groups -OCH3 is 1. The Morgan fingerprint density at radius 2 is 1.78 bits per heavy atom. The molecule has 8 heteroatoms. The molecule has 0 saturated heterocycles. The van der Waals surface area contributed by atoms with E-state index < -0.39 is 17.0 Å². The molecule has 0 aliphatic carbocycles. The lowest BCUT2D eigenvalue weighted by Gasteiger charge is -2.22. The van der Waals surface area contributed by atoms with E-state index in [4.69, 9.17) is 9.15 Å². The number of aryl methyl sites for hydroxylation is 1. The van der Waals surface area contributed by atoms with E-state index in [2.05, 4.69) is 0 Å². The second-order valence-electron chi connectivity index (χ2n) is 9.22. The van der Waals surface area contributed by atoms with Gasteiger partial charge < -0.3 is 29.0 Å². The average molecular weight is 500 g/mol. The lowest BCUT2D eigenvalue weighted by Crippen LogP contribution is -2.11. The molecule has 3 N–H and O–H groups in total. The minimum Gasteiger partial charge on any atom is -0.507 e. The first-order valence-corrected chi connectivity index (χ1v) is 11.6. The van der Waals surface area contributed by atoms with Crippen molar-refractivity contribution in [2.75, 3.05) is 7.11 Å². The number of rotatable bonds is 4. The summed E-state index contributed by atoms with van der Waals surface area (Å²) in [6, 6.07) is 12.3. The number of hydrogen-bond acceptors (Lipinski definition) is 7. The van der Waals surface area contributed by atoms with E-state index in [1.165, 1.54) is 25.3 Å². The number of phenols is 3. The summed E-state index contributed by atoms with van der Waals surface area (Å²) in [6.07, 6.45) is 1.85. The normalized spacial score (nSPS) is 12.2. The molecule has 37 heavy (non-hydrogen) atoms. The van der Waals surface area contributed by atoms with E-state index in [-0.39, 0.29) is 39.1 Å². The number of phenolic OH excluding ortho intramolecular Hbond substituents is 3.